The summed E-state index contributed by atoms with van der Waals surface area (Å²) in [5.41, 5.74) is 0.382. The average molecular weight is 293 g/mol. The molecule has 0 bridgehead atoms. The van der Waals surface area contributed by atoms with Gasteiger partial charge in [0, 0.05) is 11.1 Å². The SMILES string of the molecule is CCc1ccc(S(=O)(=O)Nc2ccc(C#N)cn2)s1. The first-order valence-electron chi connectivity index (χ1n) is 5.53. The van der Waals surface area contributed by atoms with Gasteiger partial charge >= 0.3 is 0 Å². The molecule has 2 aromatic heterocycles. The number of sulfonamides is 1. The predicted molar refractivity (Wildman–Crippen MR) is 73.5 cm³/mol. The van der Waals surface area contributed by atoms with Crippen LogP contribution >= 0.6 is 11.3 Å². The molecule has 19 heavy (non-hydrogen) atoms. The standard InChI is InChI=1S/C12H11N3O2S2/c1-2-10-4-6-12(18-10)19(16,17)15-11-5-3-9(7-13)8-14-11/h3-6,8H,2H2,1H3,(H,14,15). The third kappa shape index (κ3) is 3.10. The summed E-state index contributed by atoms with van der Waals surface area (Å²) in [6.45, 7) is 1.97. The Morgan fingerprint density at radius 3 is 2.68 bits per heavy atom. The van der Waals surface area contributed by atoms with E-state index in [-0.39, 0.29) is 10.0 Å². The Bertz CT molecular complexity index is 712. The molecule has 5 nitrogen and oxygen atoms in total. The fraction of sp³-hybridized carbons (Fsp3) is 0.167. The maximum atomic E-state index is 12.1. The number of nitrogens with one attached hydrogen (secondary N) is 1. The second-order valence-corrected chi connectivity index (χ2v) is 6.80. The minimum absolute atomic E-state index is 0.199. The molecule has 0 aromatic carbocycles. The fourth-order valence-corrected chi connectivity index (χ4v) is 3.70. The highest BCUT2D eigenvalue weighted by atomic mass is 32.2. The zero-order valence-corrected chi connectivity index (χ0v) is 11.8. The van der Waals surface area contributed by atoms with E-state index < -0.39 is 10.0 Å². The highest BCUT2D eigenvalue weighted by molar-refractivity contribution is 7.94. The molecule has 0 fully saturated rings. The van der Waals surface area contributed by atoms with E-state index in [0.29, 0.717) is 5.56 Å². The molecule has 1 N–H and O–H groups in total. The van der Waals surface area contributed by atoms with E-state index in [1.165, 1.54) is 29.7 Å². The molecule has 0 atom stereocenters. The van der Waals surface area contributed by atoms with E-state index >= 15 is 0 Å². The second kappa shape index (κ2) is 5.38. The van der Waals surface area contributed by atoms with Crippen LogP contribution in [0, 0.1) is 11.3 Å². The number of hydrogen-bond acceptors (Lipinski definition) is 5. The Balaban J connectivity index is 2.23. The number of anilines is 1. The number of pyridine rings is 1. The molecule has 0 aliphatic heterocycles. The van der Waals surface area contributed by atoms with Crippen LogP contribution in [0.15, 0.2) is 34.7 Å². The molecule has 98 valence electrons. The van der Waals surface area contributed by atoms with E-state index in [1.807, 2.05) is 13.0 Å². The largest absolute Gasteiger partial charge is 0.272 e. The van der Waals surface area contributed by atoms with Crippen LogP contribution in [0.5, 0.6) is 0 Å². The van der Waals surface area contributed by atoms with Crippen molar-refractivity contribution in [3.05, 3.63) is 40.9 Å². The van der Waals surface area contributed by atoms with Gasteiger partial charge in [0.1, 0.15) is 16.1 Å². The molecule has 0 saturated carbocycles. The van der Waals surface area contributed by atoms with E-state index in [2.05, 4.69) is 9.71 Å². The van der Waals surface area contributed by atoms with Crippen LogP contribution in [0.4, 0.5) is 5.82 Å². The van der Waals surface area contributed by atoms with E-state index in [9.17, 15) is 8.42 Å². The molecule has 0 unspecified atom stereocenters. The molecular formula is C12H11N3O2S2. The lowest BCUT2D eigenvalue weighted by Gasteiger charge is -2.04. The van der Waals surface area contributed by atoms with Crippen LogP contribution in [0.1, 0.15) is 17.4 Å². The van der Waals surface area contributed by atoms with Crippen molar-refractivity contribution >= 4 is 27.2 Å². The summed E-state index contributed by atoms with van der Waals surface area (Å²) < 4.78 is 26.8. The van der Waals surface area contributed by atoms with E-state index in [1.54, 1.807) is 12.1 Å². The number of hydrogen-bond donors (Lipinski definition) is 1. The third-order valence-electron chi connectivity index (χ3n) is 2.38. The quantitative estimate of drug-likeness (QED) is 0.938. The summed E-state index contributed by atoms with van der Waals surface area (Å²) >= 11 is 1.24. The maximum Gasteiger partial charge on any atom is 0.272 e. The van der Waals surface area contributed by atoms with Crippen molar-refractivity contribution in [2.75, 3.05) is 4.72 Å². The first-order valence-corrected chi connectivity index (χ1v) is 7.83. The molecule has 2 heterocycles. The Morgan fingerprint density at radius 2 is 2.16 bits per heavy atom. The van der Waals surface area contributed by atoms with Crippen molar-refractivity contribution in [2.24, 2.45) is 0 Å². The van der Waals surface area contributed by atoms with Crippen LogP contribution in [-0.2, 0) is 16.4 Å². The molecule has 0 radical (unpaired) electrons. The molecule has 7 heteroatoms. The molecule has 2 rings (SSSR count). The highest BCUT2D eigenvalue weighted by Gasteiger charge is 2.17. The zero-order chi connectivity index (χ0) is 13.9. The normalized spacial score (nSPS) is 10.9. The topological polar surface area (TPSA) is 82.9 Å². The van der Waals surface area contributed by atoms with Gasteiger partial charge in [0.2, 0.25) is 0 Å². The Morgan fingerprint density at radius 1 is 1.37 bits per heavy atom. The van der Waals surface area contributed by atoms with Gasteiger partial charge in [-0.3, -0.25) is 4.72 Å². The fourth-order valence-electron chi connectivity index (χ4n) is 1.40. The molecule has 0 saturated heterocycles. The van der Waals surface area contributed by atoms with E-state index in [4.69, 9.17) is 5.26 Å². The number of aryl methyl sites for hydroxylation is 1. The number of thiophene rings is 1. The lowest BCUT2D eigenvalue weighted by atomic mass is 10.3. The van der Waals surface area contributed by atoms with Crippen LogP contribution in [-0.4, -0.2) is 13.4 Å². The Kier molecular flexibility index (Phi) is 3.83. The first kappa shape index (κ1) is 13.5. The molecule has 2 aromatic rings. The van der Waals surface area contributed by atoms with Crippen molar-refractivity contribution in [1.29, 1.82) is 5.26 Å². The van der Waals surface area contributed by atoms with Crippen molar-refractivity contribution in [3.63, 3.8) is 0 Å². The number of aromatic nitrogens is 1. The Labute approximate surface area is 115 Å². The third-order valence-corrected chi connectivity index (χ3v) is 5.46. The lowest BCUT2D eigenvalue weighted by Crippen LogP contribution is -2.12. The van der Waals surface area contributed by atoms with Gasteiger partial charge < -0.3 is 0 Å². The van der Waals surface area contributed by atoms with Gasteiger partial charge in [-0.25, -0.2) is 13.4 Å². The summed E-state index contributed by atoms with van der Waals surface area (Å²) in [5.74, 6) is 0.199. The smallest absolute Gasteiger partial charge is 0.263 e. The molecule has 0 aliphatic carbocycles. The minimum Gasteiger partial charge on any atom is -0.263 e. The van der Waals surface area contributed by atoms with Crippen LogP contribution in [0.25, 0.3) is 0 Å². The van der Waals surface area contributed by atoms with Crippen molar-refractivity contribution < 1.29 is 8.42 Å². The van der Waals surface area contributed by atoms with Gasteiger partial charge in [-0.15, -0.1) is 11.3 Å². The maximum absolute atomic E-state index is 12.1. The second-order valence-electron chi connectivity index (χ2n) is 3.72. The highest BCUT2D eigenvalue weighted by Crippen LogP contribution is 2.23. The molecule has 0 spiro atoms. The predicted octanol–water partition coefficient (Wildman–Crippen LogP) is 2.38. The van der Waals surface area contributed by atoms with Gasteiger partial charge in [-0.1, -0.05) is 6.92 Å². The summed E-state index contributed by atoms with van der Waals surface area (Å²) in [6, 6.07) is 8.27. The minimum atomic E-state index is -3.60. The molecule has 0 amide bonds. The van der Waals surface area contributed by atoms with E-state index in [0.717, 1.165) is 11.3 Å². The summed E-state index contributed by atoms with van der Waals surface area (Å²) in [7, 11) is -3.60. The average Bonchev–Trinajstić information content (AvgIpc) is 2.89. The summed E-state index contributed by atoms with van der Waals surface area (Å²) in [5, 5.41) is 8.64. The van der Waals surface area contributed by atoms with Crippen molar-refractivity contribution in [3.8, 4) is 6.07 Å². The van der Waals surface area contributed by atoms with Crippen molar-refractivity contribution in [1.82, 2.24) is 4.98 Å². The van der Waals surface area contributed by atoms with Crippen LogP contribution < -0.4 is 4.72 Å². The zero-order valence-electron chi connectivity index (χ0n) is 10.1. The van der Waals surface area contributed by atoms with Gasteiger partial charge in [0.15, 0.2) is 0 Å². The monoisotopic (exact) mass is 293 g/mol. The number of nitriles is 1. The van der Waals surface area contributed by atoms with Crippen molar-refractivity contribution in [2.45, 2.75) is 17.6 Å². The van der Waals surface area contributed by atoms with Gasteiger partial charge in [0.05, 0.1) is 5.56 Å². The molecule has 0 aliphatic rings. The van der Waals surface area contributed by atoms with Gasteiger partial charge in [-0.05, 0) is 30.7 Å². The van der Waals surface area contributed by atoms with Crippen LogP contribution in [0.3, 0.4) is 0 Å². The van der Waals surface area contributed by atoms with Gasteiger partial charge in [0.25, 0.3) is 10.0 Å². The first-order chi connectivity index (χ1) is 9.05. The number of rotatable bonds is 4. The molecular weight excluding hydrogens is 282 g/mol. The summed E-state index contributed by atoms with van der Waals surface area (Å²) in [4.78, 5) is 4.89. The van der Waals surface area contributed by atoms with Crippen LogP contribution in [0.2, 0.25) is 0 Å². The number of nitrogens with zero attached hydrogens (tertiary/aromatic N) is 2. The van der Waals surface area contributed by atoms with Gasteiger partial charge in [-0.2, -0.15) is 5.26 Å². The Hall–Kier alpha value is -1.91. The lowest BCUT2D eigenvalue weighted by molar-refractivity contribution is 0.603. The summed E-state index contributed by atoms with van der Waals surface area (Å²) in [6.07, 6.45) is 2.12.